The van der Waals surface area contributed by atoms with E-state index in [9.17, 15) is 18.0 Å². The van der Waals surface area contributed by atoms with Gasteiger partial charge in [0.1, 0.15) is 5.82 Å². The van der Waals surface area contributed by atoms with Gasteiger partial charge in [-0.3, -0.25) is 14.7 Å². The summed E-state index contributed by atoms with van der Waals surface area (Å²) < 4.78 is 38.7. The van der Waals surface area contributed by atoms with Crippen LogP contribution in [0.2, 0.25) is 0 Å². The average Bonchev–Trinajstić information content (AvgIpc) is 2.68. The van der Waals surface area contributed by atoms with Gasteiger partial charge in [0.25, 0.3) is 5.56 Å². The Morgan fingerprint density at radius 3 is 2.68 bits per heavy atom. The third-order valence-electron chi connectivity index (χ3n) is 4.76. The highest BCUT2D eigenvalue weighted by molar-refractivity contribution is 5.54. The summed E-state index contributed by atoms with van der Waals surface area (Å²) >= 11 is 0. The molecule has 4 rings (SSSR count). The number of rotatable bonds is 3. The molecule has 2 aromatic heterocycles. The summed E-state index contributed by atoms with van der Waals surface area (Å²) in [6.07, 6.45) is -0.539. The number of H-pyrrole nitrogens is 1. The second-order valence-electron chi connectivity index (χ2n) is 6.73. The predicted molar refractivity (Wildman–Crippen MR) is 97.4 cm³/mol. The number of aromatic amines is 1. The molecule has 3 aromatic rings. The molecule has 0 aliphatic carbocycles. The van der Waals surface area contributed by atoms with Gasteiger partial charge in [0, 0.05) is 44.0 Å². The first kappa shape index (κ1) is 18.4. The van der Waals surface area contributed by atoms with Gasteiger partial charge in [0.05, 0.1) is 16.8 Å². The van der Waals surface area contributed by atoms with Crippen molar-refractivity contribution in [1.82, 2.24) is 19.9 Å². The van der Waals surface area contributed by atoms with Gasteiger partial charge in [0.2, 0.25) is 0 Å². The number of hydrogen-bond acceptors (Lipinski definition) is 4. The second kappa shape index (κ2) is 7.20. The summed E-state index contributed by atoms with van der Waals surface area (Å²) in [7, 11) is 0. The van der Waals surface area contributed by atoms with Crippen molar-refractivity contribution in [2.75, 3.05) is 6.54 Å². The lowest BCUT2D eigenvalue weighted by Gasteiger charge is -2.28. The van der Waals surface area contributed by atoms with E-state index in [4.69, 9.17) is 0 Å². The smallest absolute Gasteiger partial charge is 0.306 e. The molecule has 8 heteroatoms. The van der Waals surface area contributed by atoms with E-state index in [-0.39, 0.29) is 5.56 Å². The molecular weight excluding hydrogens is 369 g/mol. The number of benzene rings is 1. The Balaban J connectivity index is 1.55. The largest absolute Gasteiger partial charge is 0.416 e. The minimum Gasteiger partial charge on any atom is -0.306 e. The first-order valence-electron chi connectivity index (χ1n) is 8.81. The number of halogens is 3. The standard InChI is InChI=1S/C20H17F3N4O/c21-20(22,23)15-3-1-2-13(10-15)11-27-9-6-17-16(12-27)19(28)26-18(25-17)14-4-7-24-8-5-14/h1-5,7-8,10H,6,9,11-12H2,(H,25,26,28). The molecule has 28 heavy (non-hydrogen) atoms. The highest BCUT2D eigenvalue weighted by Gasteiger charge is 2.30. The summed E-state index contributed by atoms with van der Waals surface area (Å²) in [6.45, 7) is 1.31. The molecule has 0 fully saturated rings. The molecule has 0 spiro atoms. The maximum absolute atomic E-state index is 12.9. The molecule has 1 N–H and O–H groups in total. The van der Waals surface area contributed by atoms with Gasteiger partial charge in [0.15, 0.2) is 0 Å². The number of pyridine rings is 1. The van der Waals surface area contributed by atoms with Crippen LogP contribution in [-0.2, 0) is 25.7 Å². The summed E-state index contributed by atoms with van der Waals surface area (Å²) in [5.41, 5.74) is 1.76. The fourth-order valence-corrected chi connectivity index (χ4v) is 3.37. The van der Waals surface area contributed by atoms with Crippen LogP contribution in [0.15, 0.2) is 53.6 Å². The Morgan fingerprint density at radius 1 is 1.14 bits per heavy atom. The number of nitrogens with one attached hydrogen (secondary N) is 1. The van der Waals surface area contributed by atoms with Crippen LogP contribution in [0.1, 0.15) is 22.4 Å². The lowest BCUT2D eigenvalue weighted by atomic mass is 10.0. The van der Waals surface area contributed by atoms with Gasteiger partial charge in [-0.25, -0.2) is 4.98 Å². The molecule has 0 saturated carbocycles. The average molecular weight is 386 g/mol. The number of alkyl halides is 3. The monoisotopic (exact) mass is 386 g/mol. The SMILES string of the molecule is O=c1[nH]c(-c2ccncc2)nc2c1CN(Cc1cccc(C(F)(F)F)c1)CC2. The number of aromatic nitrogens is 3. The van der Waals surface area contributed by atoms with Crippen LogP contribution < -0.4 is 5.56 Å². The second-order valence-corrected chi connectivity index (χ2v) is 6.73. The molecule has 1 aliphatic heterocycles. The third kappa shape index (κ3) is 3.82. The fourth-order valence-electron chi connectivity index (χ4n) is 3.37. The Bertz CT molecular complexity index is 1050. The molecule has 3 heterocycles. The molecule has 0 atom stereocenters. The molecule has 1 aliphatic rings. The topological polar surface area (TPSA) is 61.9 Å². The van der Waals surface area contributed by atoms with Gasteiger partial charge in [-0.05, 0) is 23.8 Å². The third-order valence-corrected chi connectivity index (χ3v) is 4.76. The Kier molecular flexibility index (Phi) is 4.72. The molecule has 0 bridgehead atoms. The summed E-state index contributed by atoms with van der Waals surface area (Å²) in [6, 6.07) is 8.83. The highest BCUT2D eigenvalue weighted by atomic mass is 19.4. The predicted octanol–water partition coefficient (Wildman–Crippen LogP) is 3.41. The van der Waals surface area contributed by atoms with Gasteiger partial charge >= 0.3 is 6.18 Å². The zero-order valence-electron chi connectivity index (χ0n) is 14.8. The number of hydrogen-bond donors (Lipinski definition) is 1. The number of nitrogens with zero attached hydrogens (tertiary/aromatic N) is 3. The molecule has 0 radical (unpaired) electrons. The quantitative estimate of drug-likeness (QED) is 0.749. The van der Waals surface area contributed by atoms with Crippen molar-refractivity contribution in [2.24, 2.45) is 0 Å². The van der Waals surface area contributed by atoms with Crippen molar-refractivity contribution in [3.8, 4) is 11.4 Å². The minimum atomic E-state index is -4.37. The molecule has 144 valence electrons. The van der Waals surface area contributed by atoms with E-state index in [1.54, 1.807) is 30.6 Å². The van der Waals surface area contributed by atoms with Crippen LogP contribution in [0.3, 0.4) is 0 Å². The fraction of sp³-hybridized carbons (Fsp3) is 0.250. The van der Waals surface area contributed by atoms with E-state index in [0.717, 1.165) is 23.4 Å². The lowest BCUT2D eigenvalue weighted by Crippen LogP contribution is -2.35. The molecule has 5 nitrogen and oxygen atoms in total. The van der Waals surface area contributed by atoms with Crippen molar-refractivity contribution in [3.63, 3.8) is 0 Å². The van der Waals surface area contributed by atoms with E-state index in [0.29, 0.717) is 43.0 Å². The van der Waals surface area contributed by atoms with Crippen LogP contribution in [0.5, 0.6) is 0 Å². The van der Waals surface area contributed by atoms with Crippen molar-refractivity contribution >= 4 is 0 Å². The van der Waals surface area contributed by atoms with Crippen LogP contribution >= 0.6 is 0 Å². The molecule has 0 amide bonds. The van der Waals surface area contributed by atoms with E-state index >= 15 is 0 Å². The summed E-state index contributed by atoms with van der Waals surface area (Å²) in [5, 5.41) is 0. The van der Waals surface area contributed by atoms with Crippen molar-refractivity contribution in [1.29, 1.82) is 0 Å². The highest BCUT2D eigenvalue weighted by Crippen LogP contribution is 2.30. The van der Waals surface area contributed by atoms with E-state index in [1.165, 1.54) is 6.07 Å². The zero-order chi connectivity index (χ0) is 19.7. The van der Waals surface area contributed by atoms with Crippen LogP contribution in [0.25, 0.3) is 11.4 Å². The van der Waals surface area contributed by atoms with Crippen LogP contribution in [0.4, 0.5) is 13.2 Å². The van der Waals surface area contributed by atoms with Crippen molar-refractivity contribution in [3.05, 3.63) is 81.5 Å². The molecular formula is C20H17F3N4O. The van der Waals surface area contributed by atoms with Crippen molar-refractivity contribution in [2.45, 2.75) is 25.7 Å². The molecule has 0 unspecified atom stereocenters. The normalized spacial score (nSPS) is 14.7. The first-order chi connectivity index (χ1) is 13.4. The zero-order valence-corrected chi connectivity index (χ0v) is 14.8. The number of fused-ring (bicyclic) bond motifs is 1. The molecule has 0 saturated heterocycles. The Morgan fingerprint density at radius 2 is 1.93 bits per heavy atom. The lowest BCUT2D eigenvalue weighted by molar-refractivity contribution is -0.137. The maximum atomic E-state index is 12.9. The maximum Gasteiger partial charge on any atom is 0.416 e. The first-order valence-corrected chi connectivity index (χ1v) is 8.81. The van der Waals surface area contributed by atoms with E-state index < -0.39 is 11.7 Å². The van der Waals surface area contributed by atoms with Gasteiger partial charge < -0.3 is 4.98 Å². The summed E-state index contributed by atoms with van der Waals surface area (Å²) in [4.78, 5) is 25.8. The van der Waals surface area contributed by atoms with Crippen LogP contribution in [0, 0.1) is 0 Å². The van der Waals surface area contributed by atoms with E-state index in [2.05, 4.69) is 15.0 Å². The van der Waals surface area contributed by atoms with Gasteiger partial charge in [-0.15, -0.1) is 0 Å². The Labute approximate surface area is 158 Å². The summed E-state index contributed by atoms with van der Waals surface area (Å²) in [5.74, 6) is 0.498. The van der Waals surface area contributed by atoms with Crippen LogP contribution in [-0.4, -0.2) is 26.4 Å². The molecule has 1 aromatic carbocycles. The van der Waals surface area contributed by atoms with E-state index in [1.807, 2.05) is 4.90 Å². The van der Waals surface area contributed by atoms with Crippen molar-refractivity contribution < 1.29 is 13.2 Å². The minimum absolute atomic E-state index is 0.217. The van der Waals surface area contributed by atoms with Gasteiger partial charge in [-0.1, -0.05) is 18.2 Å². The van der Waals surface area contributed by atoms with Gasteiger partial charge in [-0.2, -0.15) is 13.2 Å². The Hall–Kier alpha value is -3.00.